The second kappa shape index (κ2) is 6.72. The van der Waals surface area contributed by atoms with Crippen LogP contribution in [0.4, 0.5) is 6.01 Å². The average molecular weight is 357 g/mol. The van der Waals surface area contributed by atoms with Crippen LogP contribution in [-0.2, 0) is 0 Å². The van der Waals surface area contributed by atoms with E-state index in [9.17, 15) is 4.79 Å². The molecule has 1 atom stereocenters. The highest BCUT2D eigenvalue weighted by Gasteiger charge is 2.25. The van der Waals surface area contributed by atoms with E-state index in [0.29, 0.717) is 28.7 Å². The second-order valence-corrected chi connectivity index (χ2v) is 6.55. The van der Waals surface area contributed by atoms with Gasteiger partial charge in [0, 0.05) is 42.6 Å². The summed E-state index contributed by atoms with van der Waals surface area (Å²) in [4.78, 5) is 22.9. The summed E-state index contributed by atoms with van der Waals surface area (Å²) in [7, 11) is 0. The quantitative estimate of drug-likeness (QED) is 0.779. The van der Waals surface area contributed by atoms with Crippen molar-refractivity contribution in [1.82, 2.24) is 15.3 Å². The van der Waals surface area contributed by atoms with Gasteiger partial charge < -0.3 is 14.6 Å². The van der Waals surface area contributed by atoms with E-state index >= 15 is 0 Å². The molecule has 7 heteroatoms. The summed E-state index contributed by atoms with van der Waals surface area (Å²) in [5.74, 6) is -0.107. The first-order valence-corrected chi connectivity index (χ1v) is 8.59. The number of benzene rings is 1. The van der Waals surface area contributed by atoms with Crippen LogP contribution in [0.15, 0.2) is 47.1 Å². The number of oxazole rings is 1. The second-order valence-electron chi connectivity index (χ2n) is 6.11. The standard InChI is InChI=1S/C18H17ClN4O2/c19-13-5-6-15-16(9-13)25-18(22-15)23-8-2-4-14(11-23)21-17(24)12-3-1-7-20-10-12/h1,3,5-7,9-10,14H,2,4,8,11H2,(H,21,24). The van der Waals surface area contributed by atoms with Gasteiger partial charge in [0.1, 0.15) is 5.52 Å². The molecular formula is C18H17ClN4O2. The Morgan fingerprint density at radius 2 is 2.28 bits per heavy atom. The Labute approximate surface area is 149 Å². The summed E-state index contributed by atoms with van der Waals surface area (Å²) in [6.45, 7) is 1.51. The lowest BCUT2D eigenvalue weighted by Gasteiger charge is -2.32. The van der Waals surface area contributed by atoms with Crippen LogP contribution in [-0.4, -0.2) is 35.0 Å². The summed E-state index contributed by atoms with van der Waals surface area (Å²) in [5.41, 5.74) is 2.01. The highest BCUT2D eigenvalue weighted by atomic mass is 35.5. The minimum Gasteiger partial charge on any atom is -0.423 e. The summed E-state index contributed by atoms with van der Waals surface area (Å²) >= 11 is 6.00. The first-order valence-electron chi connectivity index (χ1n) is 8.21. The third-order valence-corrected chi connectivity index (χ3v) is 4.53. The first-order chi connectivity index (χ1) is 12.2. The summed E-state index contributed by atoms with van der Waals surface area (Å²) in [6, 6.07) is 9.52. The number of carbonyl (C=O) groups excluding carboxylic acids is 1. The van der Waals surface area contributed by atoms with Crippen molar-refractivity contribution in [3.8, 4) is 0 Å². The molecule has 0 bridgehead atoms. The number of aromatic nitrogens is 2. The van der Waals surface area contributed by atoms with Crippen molar-refractivity contribution in [3.63, 3.8) is 0 Å². The van der Waals surface area contributed by atoms with Crippen LogP contribution in [0.25, 0.3) is 11.1 Å². The molecule has 128 valence electrons. The number of carbonyl (C=O) groups is 1. The van der Waals surface area contributed by atoms with Crippen molar-refractivity contribution in [3.05, 3.63) is 53.3 Å². The van der Waals surface area contributed by atoms with E-state index in [1.54, 1.807) is 36.7 Å². The molecule has 1 aromatic carbocycles. The Morgan fingerprint density at radius 3 is 3.12 bits per heavy atom. The molecule has 1 aliphatic rings. The molecule has 1 N–H and O–H groups in total. The van der Waals surface area contributed by atoms with Crippen LogP contribution in [0.2, 0.25) is 5.02 Å². The number of piperidine rings is 1. The van der Waals surface area contributed by atoms with E-state index < -0.39 is 0 Å². The SMILES string of the molecule is O=C(NC1CCCN(c2nc3ccc(Cl)cc3o2)C1)c1cccnc1. The number of rotatable bonds is 3. The molecule has 0 spiro atoms. The maximum atomic E-state index is 12.3. The van der Waals surface area contributed by atoms with E-state index in [0.717, 1.165) is 24.9 Å². The highest BCUT2D eigenvalue weighted by Crippen LogP contribution is 2.26. The van der Waals surface area contributed by atoms with Gasteiger partial charge in [0.05, 0.1) is 5.56 Å². The van der Waals surface area contributed by atoms with E-state index in [-0.39, 0.29) is 11.9 Å². The van der Waals surface area contributed by atoms with E-state index in [1.807, 2.05) is 6.07 Å². The average Bonchev–Trinajstić information content (AvgIpc) is 3.06. The minimum absolute atomic E-state index is 0.0417. The predicted octanol–water partition coefficient (Wildman–Crippen LogP) is 3.28. The lowest BCUT2D eigenvalue weighted by Crippen LogP contribution is -2.48. The number of amides is 1. The van der Waals surface area contributed by atoms with Crippen LogP contribution in [0, 0.1) is 0 Å². The lowest BCUT2D eigenvalue weighted by atomic mass is 10.1. The van der Waals surface area contributed by atoms with Gasteiger partial charge in [0.2, 0.25) is 0 Å². The monoisotopic (exact) mass is 356 g/mol. The molecule has 0 aliphatic carbocycles. The molecule has 1 unspecified atom stereocenters. The largest absolute Gasteiger partial charge is 0.423 e. The topological polar surface area (TPSA) is 71.3 Å². The van der Waals surface area contributed by atoms with Gasteiger partial charge in [0.25, 0.3) is 11.9 Å². The van der Waals surface area contributed by atoms with Gasteiger partial charge in [-0.1, -0.05) is 11.6 Å². The van der Waals surface area contributed by atoms with Crippen LogP contribution >= 0.6 is 11.6 Å². The Balaban J connectivity index is 1.47. The molecule has 1 aliphatic heterocycles. The molecule has 0 saturated carbocycles. The van der Waals surface area contributed by atoms with E-state index in [1.165, 1.54) is 0 Å². The Kier molecular flexibility index (Phi) is 4.28. The third kappa shape index (κ3) is 3.44. The van der Waals surface area contributed by atoms with Gasteiger partial charge in [-0.25, -0.2) is 0 Å². The van der Waals surface area contributed by atoms with Gasteiger partial charge in [-0.15, -0.1) is 0 Å². The summed E-state index contributed by atoms with van der Waals surface area (Å²) in [5, 5.41) is 3.69. The van der Waals surface area contributed by atoms with Gasteiger partial charge in [-0.05, 0) is 37.1 Å². The number of hydrogen-bond acceptors (Lipinski definition) is 5. The molecule has 6 nitrogen and oxygen atoms in total. The van der Waals surface area contributed by atoms with E-state index in [2.05, 4.69) is 20.2 Å². The van der Waals surface area contributed by atoms with Crippen molar-refractivity contribution < 1.29 is 9.21 Å². The van der Waals surface area contributed by atoms with Crippen LogP contribution in [0.1, 0.15) is 23.2 Å². The Morgan fingerprint density at radius 1 is 1.36 bits per heavy atom. The molecule has 0 radical (unpaired) electrons. The maximum absolute atomic E-state index is 12.3. The fourth-order valence-electron chi connectivity index (χ4n) is 3.06. The lowest BCUT2D eigenvalue weighted by molar-refractivity contribution is 0.0932. The van der Waals surface area contributed by atoms with Crippen LogP contribution in [0.3, 0.4) is 0 Å². The van der Waals surface area contributed by atoms with Crippen molar-refractivity contribution in [2.45, 2.75) is 18.9 Å². The van der Waals surface area contributed by atoms with Gasteiger partial charge in [0.15, 0.2) is 5.58 Å². The normalized spacial score (nSPS) is 17.6. The molecule has 3 aromatic rings. The van der Waals surface area contributed by atoms with Gasteiger partial charge in [-0.2, -0.15) is 4.98 Å². The molecule has 1 fully saturated rings. The predicted molar refractivity (Wildman–Crippen MR) is 96.0 cm³/mol. The Hall–Kier alpha value is -2.60. The number of halogens is 1. The fraction of sp³-hybridized carbons (Fsp3) is 0.278. The van der Waals surface area contributed by atoms with Crippen molar-refractivity contribution in [1.29, 1.82) is 0 Å². The number of nitrogens with one attached hydrogen (secondary N) is 1. The number of hydrogen-bond donors (Lipinski definition) is 1. The number of nitrogens with zero attached hydrogens (tertiary/aromatic N) is 3. The van der Waals surface area contributed by atoms with Crippen LogP contribution in [0.5, 0.6) is 0 Å². The van der Waals surface area contributed by atoms with Crippen molar-refractivity contribution >= 4 is 34.6 Å². The molecule has 2 aromatic heterocycles. The molecule has 4 rings (SSSR count). The fourth-order valence-corrected chi connectivity index (χ4v) is 3.22. The smallest absolute Gasteiger partial charge is 0.298 e. The van der Waals surface area contributed by atoms with Gasteiger partial charge >= 0.3 is 0 Å². The Bertz CT molecular complexity index is 896. The molecule has 1 saturated heterocycles. The minimum atomic E-state index is -0.107. The summed E-state index contributed by atoms with van der Waals surface area (Å²) < 4.78 is 5.83. The number of pyridine rings is 1. The van der Waals surface area contributed by atoms with Crippen molar-refractivity contribution in [2.24, 2.45) is 0 Å². The van der Waals surface area contributed by atoms with E-state index in [4.69, 9.17) is 16.0 Å². The number of anilines is 1. The molecular weight excluding hydrogens is 340 g/mol. The molecule has 1 amide bonds. The first kappa shape index (κ1) is 15.9. The van der Waals surface area contributed by atoms with Crippen molar-refractivity contribution in [2.75, 3.05) is 18.0 Å². The van der Waals surface area contributed by atoms with Gasteiger partial charge in [-0.3, -0.25) is 9.78 Å². The van der Waals surface area contributed by atoms with Crippen LogP contribution < -0.4 is 10.2 Å². The third-order valence-electron chi connectivity index (χ3n) is 4.29. The highest BCUT2D eigenvalue weighted by molar-refractivity contribution is 6.31. The number of fused-ring (bicyclic) bond motifs is 1. The zero-order valence-electron chi connectivity index (χ0n) is 13.5. The zero-order chi connectivity index (χ0) is 17.2. The molecule has 25 heavy (non-hydrogen) atoms. The zero-order valence-corrected chi connectivity index (χ0v) is 14.2. The summed E-state index contributed by atoms with van der Waals surface area (Å²) in [6.07, 6.45) is 5.10. The maximum Gasteiger partial charge on any atom is 0.298 e. The molecule has 3 heterocycles.